The first-order chi connectivity index (χ1) is 13.3. The van der Waals surface area contributed by atoms with Gasteiger partial charge in [0, 0.05) is 17.0 Å². The number of hydrogen-bond donors (Lipinski definition) is 3. The number of amides is 1. The van der Waals surface area contributed by atoms with Crippen LogP contribution in [-0.4, -0.2) is 22.0 Å². The number of aromatic carboxylic acids is 1. The minimum absolute atomic E-state index is 0.000433. The molecule has 6 nitrogen and oxygen atoms in total. The van der Waals surface area contributed by atoms with E-state index in [2.05, 4.69) is 10.3 Å². The van der Waals surface area contributed by atoms with E-state index in [1.807, 2.05) is 0 Å². The van der Waals surface area contributed by atoms with Gasteiger partial charge in [0.1, 0.15) is 11.4 Å². The van der Waals surface area contributed by atoms with Gasteiger partial charge in [0.05, 0.1) is 17.0 Å². The molecule has 0 aliphatic rings. The van der Waals surface area contributed by atoms with Crippen LogP contribution >= 0.6 is 23.2 Å². The van der Waals surface area contributed by atoms with E-state index in [0.717, 1.165) is 0 Å². The summed E-state index contributed by atoms with van der Waals surface area (Å²) in [5.74, 6) is -2.47. The third-order valence-corrected chi connectivity index (χ3v) is 4.60. The van der Waals surface area contributed by atoms with Crippen molar-refractivity contribution in [2.24, 2.45) is 0 Å². The van der Waals surface area contributed by atoms with Crippen LogP contribution in [0.25, 0.3) is 10.9 Å². The Morgan fingerprint density at radius 1 is 1.14 bits per heavy atom. The highest BCUT2D eigenvalue weighted by Crippen LogP contribution is 2.23. The molecule has 0 unspecified atom stereocenters. The van der Waals surface area contributed by atoms with Crippen molar-refractivity contribution in [2.45, 2.75) is 13.0 Å². The van der Waals surface area contributed by atoms with Crippen molar-refractivity contribution in [3.8, 4) is 0 Å². The summed E-state index contributed by atoms with van der Waals surface area (Å²) < 4.78 is 13.9. The molecule has 144 valence electrons. The lowest BCUT2D eigenvalue weighted by Crippen LogP contribution is -2.25. The smallest absolute Gasteiger partial charge is 0.341 e. The lowest BCUT2D eigenvalue weighted by Gasteiger charge is -2.10. The Labute approximate surface area is 167 Å². The van der Waals surface area contributed by atoms with Crippen LogP contribution in [0.4, 0.5) is 4.39 Å². The van der Waals surface area contributed by atoms with Crippen LogP contribution in [-0.2, 0) is 17.8 Å². The average Bonchev–Trinajstić information content (AvgIpc) is 2.63. The van der Waals surface area contributed by atoms with E-state index < -0.39 is 28.8 Å². The summed E-state index contributed by atoms with van der Waals surface area (Å²) in [6, 6.07) is 8.66. The first kappa shape index (κ1) is 19.9. The van der Waals surface area contributed by atoms with Crippen molar-refractivity contribution >= 4 is 46.0 Å². The Kier molecular flexibility index (Phi) is 5.67. The molecule has 3 rings (SSSR count). The molecule has 0 radical (unpaired) electrons. The number of halogens is 3. The second kappa shape index (κ2) is 8.00. The van der Waals surface area contributed by atoms with E-state index in [0.29, 0.717) is 21.5 Å². The van der Waals surface area contributed by atoms with Gasteiger partial charge in [-0.15, -0.1) is 0 Å². The molecular weight excluding hydrogens is 410 g/mol. The van der Waals surface area contributed by atoms with Crippen LogP contribution in [0, 0.1) is 5.82 Å². The number of nitrogens with one attached hydrogen (secondary N) is 2. The Morgan fingerprint density at radius 3 is 2.61 bits per heavy atom. The van der Waals surface area contributed by atoms with Gasteiger partial charge >= 0.3 is 5.97 Å². The molecule has 0 aliphatic carbocycles. The van der Waals surface area contributed by atoms with Gasteiger partial charge < -0.3 is 15.4 Å². The fourth-order valence-electron chi connectivity index (χ4n) is 2.77. The number of carboxylic acid groups (broad SMARTS) is 1. The van der Waals surface area contributed by atoms with Crippen LogP contribution in [0.3, 0.4) is 0 Å². The molecule has 0 fully saturated rings. The Morgan fingerprint density at radius 2 is 1.89 bits per heavy atom. The SMILES string of the molecule is O=C(Cc1cccc(Cl)c1F)NCc1cc(Cl)cc2cc(C(=O)O)c(=O)[nH]c12. The largest absolute Gasteiger partial charge is 0.477 e. The zero-order valence-electron chi connectivity index (χ0n) is 14.2. The summed E-state index contributed by atoms with van der Waals surface area (Å²) >= 11 is 11.8. The zero-order valence-corrected chi connectivity index (χ0v) is 15.7. The molecule has 2 aromatic carbocycles. The number of pyridine rings is 1. The number of H-pyrrole nitrogens is 1. The molecule has 1 amide bonds. The fourth-order valence-corrected chi connectivity index (χ4v) is 3.21. The maximum atomic E-state index is 13.9. The lowest BCUT2D eigenvalue weighted by atomic mass is 10.1. The maximum Gasteiger partial charge on any atom is 0.341 e. The molecule has 0 spiro atoms. The maximum absolute atomic E-state index is 13.9. The van der Waals surface area contributed by atoms with Gasteiger partial charge in [-0.3, -0.25) is 9.59 Å². The fraction of sp³-hybridized carbons (Fsp3) is 0.105. The van der Waals surface area contributed by atoms with Crippen molar-refractivity contribution < 1.29 is 19.1 Å². The topological polar surface area (TPSA) is 99.3 Å². The lowest BCUT2D eigenvalue weighted by molar-refractivity contribution is -0.120. The molecule has 1 aromatic heterocycles. The van der Waals surface area contributed by atoms with E-state index in [4.69, 9.17) is 28.3 Å². The number of fused-ring (bicyclic) bond motifs is 1. The predicted molar refractivity (Wildman–Crippen MR) is 103 cm³/mol. The number of aromatic nitrogens is 1. The van der Waals surface area contributed by atoms with Crippen molar-refractivity contribution in [3.05, 3.63) is 79.3 Å². The average molecular weight is 423 g/mol. The van der Waals surface area contributed by atoms with Gasteiger partial charge in [-0.05, 0) is 35.4 Å². The Balaban J connectivity index is 1.85. The molecule has 9 heteroatoms. The zero-order chi connectivity index (χ0) is 20.4. The highest BCUT2D eigenvalue weighted by molar-refractivity contribution is 6.31. The molecule has 0 aliphatic heterocycles. The van der Waals surface area contributed by atoms with Gasteiger partial charge in [0.25, 0.3) is 5.56 Å². The van der Waals surface area contributed by atoms with Crippen molar-refractivity contribution in [1.29, 1.82) is 0 Å². The quantitative estimate of drug-likeness (QED) is 0.585. The van der Waals surface area contributed by atoms with Gasteiger partial charge in [-0.25, -0.2) is 9.18 Å². The van der Waals surface area contributed by atoms with Crippen LogP contribution < -0.4 is 10.9 Å². The standard InChI is InChI=1S/C19H13Cl2FN2O4/c20-12-4-10-6-13(19(27)28)18(26)24-17(10)11(5-12)8-23-15(25)7-9-2-1-3-14(21)16(9)22/h1-6H,7-8H2,(H,23,25)(H,24,26)(H,27,28). The normalized spacial score (nSPS) is 10.8. The van der Waals surface area contributed by atoms with Gasteiger partial charge in [0.2, 0.25) is 5.91 Å². The molecule has 3 N–H and O–H groups in total. The molecule has 28 heavy (non-hydrogen) atoms. The summed E-state index contributed by atoms with van der Waals surface area (Å²) in [5.41, 5.74) is -0.192. The highest BCUT2D eigenvalue weighted by atomic mass is 35.5. The summed E-state index contributed by atoms with van der Waals surface area (Å²) in [4.78, 5) is 37.8. The molecule has 0 atom stereocenters. The Bertz CT molecular complexity index is 1160. The van der Waals surface area contributed by atoms with Crippen LogP contribution in [0.1, 0.15) is 21.5 Å². The van der Waals surface area contributed by atoms with E-state index in [1.54, 1.807) is 12.1 Å². The van der Waals surface area contributed by atoms with Crippen LogP contribution in [0.2, 0.25) is 10.0 Å². The summed E-state index contributed by atoms with van der Waals surface area (Å²) in [6.07, 6.45) is -0.218. The second-order valence-corrected chi connectivity index (χ2v) is 6.86. The predicted octanol–water partition coefficient (Wildman–Crippen LogP) is 3.53. The summed E-state index contributed by atoms with van der Waals surface area (Å²) in [7, 11) is 0. The minimum atomic E-state index is -1.36. The molecule has 1 heterocycles. The van der Waals surface area contributed by atoms with E-state index in [9.17, 15) is 18.8 Å². The van der Waals surface area contributed by atoms with Gasteiger partial charge in [-0.1, -0.05) is 35.3 Å². The first-order valence-electron chi connectivity index (χ1n) is 8.04. The number of carboxylic acids is 1. The second-order valence-electron chi connectivity index (χ2n) is 6.01. The summed E-state index contributed by atoms with van der Waals surface area (Å²) in [5, 5.41) is 12.3. The number of hydrogen-bond acceptors (Lipinski definition) is 3. The van der Waals surface area contributed by atoms with Crippen LogP contribution in [0.5, 0.6) is 0 Å². The number of carbonyl (C=O) groups is 2. The number of aromatic amines is 1. The third-order valence-electron chi connectivity index (χ3n) is 4.09. The molecule has 0 saturated carbocycles. The molecular formula is C19H13Cl2FN2O4. The van der Waals surface area contributed by atoms with Crippen molar-refractivity contribution in [3.63, 3.8) is 0 Å². The van der Waals surface area contributed by atoms with Crippen molar-refractivity contribution in [2.75, 3.05) is 0 Å². The number of benzene rings is 2. The first-order valence-corrected chi connectivity index (χ1v) is 8.80. The monoisotopic (exact) mass is 422 g/mol. The summed E-state index contributed by atoms with van der Waals surface area (Å²) in [6.45, 7) is 0.000433. The van der Waals surface area contributed by atoms with E-state index in [-0.39, 0.29) is 23.6 Å². The minimum Gasteiger partial charge on any atom is -0.477 e. The molecule has 3 aromatic rings. The van der Waals surface area contributed by atoms with Crippen molar-refractivity contribution in [1.82, 2.24) is 10.3 Å². The molecule has 0 saturated heterocycles. The van der Waals surface area contributed by atoms with Crippen LogP contribution in [0.15, 0.2) is 41.2 Å². The number of rotatable bonds is 5. The van der Waals surface area contributed by atoms with E-state index >= 15 is 0 Å². The Hall–Kier alpha value is -2.90. The van der Waals surface area contributed by atoms with Gasteiger partial charge in [-0.2, -0.15) is 0 Å². The molecule has 0 bridgehead atoms. The highest BCUT2D eigenvalue weighted by Gasteiger charge is 2.14. The van der Waals surface area contributed by atoms with E-state index in [1.165, 1.54) is 24.3 Å². The van der Waals surface area contributed by atoms with Gasteiger partial charge in [0.15, 0.2) is 0 Å². The third kappa shape index (κ3) is 4.16. The number of carbonyl (C=O) groups excluding carboxylic acids is 1.